The van der Waals surface area contributed by atoms with Gasteiger partial charge in [0.05, 0.1) is 0 Å². The van der Waals surface area contributed by atoms with E-state index in [0.29, 0.717) is 6.04 Å². The first-order valence-corrected chi connectivity index (χ1v) is 6.77. The van der Waals surface area contributed by atoms with Crippen LogP contribution in [-0.4, -0.2) is 26.2 Å². The van der Waals surface area contributed by atoms with E-state index in [1.807, 2.05) is 7.05 Å². The number of likely N-dealkylation sites (N-methyl/N-ethyl adjacent to an activating group) is 1. The molecule has 1 aromatic carbocycles. The molecule has 1 heterocycles. The van der Waals surface area contributed by atoms with Crippen LogP contribution in [0.2, 0.25) is 0 Å². The predicted molar refractivity (Wildman–Crippen MR) is 74.9 cm³/mol. The van der Waals surface area contributed by atoms with Gasteiger partial charge < -0.3 is 10.2 Å². The number of rotatable bonds is 4. The fraction of sp³-hybridized carbons (Fsp3) is 0.600. The van der Waals surface area contributed by atoms with Gasteiger partial charge in [-0.05, 0) is 44.9 Å². The summed E-state index contributed by atoms with van der Waals surface area (Å²) in [7, 11) is 2.04. The largest absolute Gasteiger partial charge is 0.367 e. The predicted octanol–water partition coefficient (Wildman–Crippen LogP) is 2.75. The van der Waals surface area contributed by atoms with Crippen LogP contribution < -0.4 is 10.2 Å². The number of anilines is 1. The molecule has 0 amide bonds. The van der Waals surface area contributed by atoms with E-state index in [1.54, 1.807) is 0 Å². The maximum absolute atomic E-state index is 3.32. The average Bonchev–Trinajstić information content (AvgIpc) is 2.35. The summed E-state index contributed by atoms with van der Waals surface area (Å²) >= 11 is 0. The van der Waals surface area contributed by atoms with Crippen LogP contribution in [0.15, 0.2) is 18.2 Å². The molecular formula is C15H24N2. The molecule has 1 N–H and O–H groups in total. The van der Waals surface area contributed by atoms with Crippen molar-refractivity contribution in [3.05, 3.63) is 29.3 Å². The van der Waals surface area contributed by atoms with Crippen molar-refractivity contribution in [3.63, 3.8) is 0 Å². The van der Waals surface area contributed by atoms with Crippen molar-refractivity contribution in [1.29, 1.82) is 0 Å². The van der Waals surface area contributed by atoms with Crippen LogP contribution in [0.5, 0.6) is 0 Å². The van der Waals surface area contributed by atoms with E-state index in [-0.39, 0.29) is 0 Å². The zero-order valence-electron chi connectivity index (χ0n) is 11.3. The molecule has 1 unspecified atom stereocenters. The van der Waals surface area contributed by atoms with Crippen molar-refractivity contribution < 1.29 is 0 Å². The normalized spacial score (nSPS) is 16.8. The summed E-state index contributed by atoms with van der Waals surface area (Å²) in [5, 5.41) is 3.32. The minimum absolute atomic E-state index is 0.627. The standard InChI is InChI=1S/C15H24N2/c1-4-14(11-16-3)17-9-5-6-13-10-12(2)7-8-15(13)17/h7-8,10,14,16H,4-6,9,11H2,1-3H3. The Kier molecular flexibility index (Phi) is 4.06. The van der Waals surface area contributed by atoms with Crippen LogP contribution in [-0.2, 0) is 6.42 Å². The third-order valence-electron chi connectivity index (χ3n) is 3.74. The van der Waals surface area contributed by atoms with E-state index in [2.05, 4.69) is 42.3 Å². The van der Waals surface area contributed by atoms with Gasteiger partial charge in [-0.3, -0.25) is 0 Å². The molecule has 1 aromatic rings. The summed E-state index contributed by atoms with van der Waals surface area (Å²) in [5.41, 5.74) is 4.38. The van der Waals surface area contributed by atoms with E-state index < -0.39 is 0 Å². The summed E-state index contributed by atoms with van der Waals surface area (Å²) < 4.78 is 0. The lowest BCUT2D eigenvalue weighted by atomic mass is 9.97. The van der Waals surface area contributed by atoms with Crippen LogP contribution in [0.3, 0.4) is 0 Å². The highest BCUT2D eigenvalue weighted by Crippen LogP contribution is 2.30. The van der Waals surface area contributed by atoms with Crippen LogP contribution >= 0.6 is 0 Å². The molecule has 0 radical (unpaired) electrons. The highest BCUT2D eigenvalue weighted by atomic mass is 15.2. The monoisotopic (exact) mass is 232 g/mol. The van der Waals surface area contributed by atoms with Gasteiger partial charge in [0.25, 0.3) is 0 Å². The molecule has 94 valence electrons. The fourth-order valence-corrected chi connectivity index (χ4v) is 2.84. The highest BCUT2D eigenvalue weighted by Gasteiger charge is 2.22. The van der Waals surface area contributed by atoms with Gasteiger partial charge in [0.15, 0.2) is 0 Å². The van der Waals surface area contributed by atoms with Crippen molar-refractivity contribution in [1.82, 2.24) is 5.32 Å². The van der Waals surface area contributed by atoms with E-state index in [1.165, 1.54) is 42.6 Å². The topological polar surface area (TPSA) is 15.3 Å². The Morgan fingerprint density at radius 2 is 2.24 bits per heavy atom. The number of hydrogen-bond acceptors (Lipinski definition) is 2. The Morgan fingerprint density at radius 1 is 1.41 bits per heavy atom. The molecule has 0 aliphatic carbocycles. The maximum Gasteiger partial charge on any atom is 0.0411 e. The first-order valence-electron chi connectivity index (χ1n) is 6.77. The summed E-state index contributed by atoms with van der Waals surface area (Å²) in [6, 6.07) is 7.53. The fourth-order valence-electron chi connectivity index (χ4n) is 2.84. The summed E-state index contributed by atoms with van der Waals surface area (Å²) in [4.78, 5) is 2.59. The maximum atomic E-state index is 3.32. The second-order valence-electron chi connectivity index (χ2n) is 5.05. The molecule has 2 nitrogen and oxygen atoms in total. The first kappa shape index (κ1) is 12.4. The first-order chi connectivity index (χ1) is 8.26. The molecule has 2 heteroatoms. The second-order valence-corrected chi connectivity index (χ2v) is 5.05. The van der Waals surface area contributed by atoms with Crippen molar-refractivity contribution in [2.45, 2.75) is 39.2 Å². The number of aryl methyl sites for hydroxylation is 2. The van der Waals surface area contributed by atoms with E-state index >= 15 is 0 Å². The smallest absolute Gasteiger partial charge is 0.0411 e. The van der Waals surface area contributed by atoms with Gasteiger partial charge in [0.2, 0.25) is 0 Å². The lowest BCUT2D eigenvalue weighted by molar-refractivity contribution is 0.523. The molecule has 0 spiro atoms. The molecule has 0 saturated carbocycles. The zero-order chi connectivity index (χ0) is 12.3. The number of fused-ring (bicyclic) bond motifs is 1. The van der Waals surface area contributed by atoms with Crippen molar-refractivity contribution in [3.8, 4) is 0 Å². The van der Waals surface area contributed by atoms with E-state index in [0.717, 1.165) is 6.54 Å². The van der Waals surface area contributed by atoms with Gasteiger partial charge in [-0.1, -0.05) is 24.6 Å². The number of nitrogens with zero attached hydrogens (tertiary/aromatic N) is 1. The van der Waals surface area contributed by atoms with Gasteiger partial charge in [-0.25, -0.2) is 0 Å². The lowest BCUT2D eigenvalue weighted by Gasteiger charge is -2.38. The summed E-state index contributed by atoms with van der Waals surface area (Å²) in [5.74, 6) is 0. The average molecular weight is 232 g/mol. The van der Waals surface area contributed by atoms with Crippen LogP contribution in [0, 0.1) is 6.92 Å². The molecule has 1 atom stereocenters. The van der Waals surface area contributed by atoms with Crippen molar-refractivity contribution in [2.75, 3.05) is 25.0 Å². The summed E-state index contributed by atoms with van der Waals surface area (Å²) in [6.07, 6.45) is 3.73. The summed E-state index contributed by atoms with van der Waals surface area (Å²) in [6.45, 7) is 6.74. The molecule has 0 fully saturated rings. The van der Waals surface area contributed by atoms with Crippen molar-refractivity contribution in [2.24, 2.45) is 0 Å². The minimum atomic E-state index is 0.627. The molecular weight excluding hydrogens is 208 g/mol. The Morgan fingerprint density at radius 3 is 2.94 bits per heavy atom. The lowest BCUT2D eigenvalue weighted by Crippen LogP contribution is -2.44. The molecule has 2 rings (SSSR count). The Hall–Kier alpha value is -1.02. The van der Waals surface area contributed by atoms with Gasteiger partial charge in [0.1, 0.15) is 0 Å². The zero-order valence-corrected chi connectivity index (χ0v) is 11.3. The van der Waals surface area contributed by atoms with Gasteiger partial charge in [-0.2, -0.15) is 0 Å². The number of nitrogens with one attached hydrogen (secondary N) is 1. The molecule has 0 aromatic heterocycles. The van der Waals surface area contributed by atoms with Gasteiger partial charge in [-0.15, -0.1) is 0 Å². The molecule has 17 heavy (non-hydrogen) atoms. The van der Waals surface area contributed by atoms with Crippen LogP contribution in [0.4, 0.5) is 5.69 Å². The van der Waals surface area contributed by atoms with E-state index in [9.17, 15) is 0 Å². The third-order valence-corrected chi connectivity index (χ3v) is 3.74. The van der Waals surface area contributed by atoms with Gasteiger partial charge in [0, 0.05) is 24.8 Å². The van der Waals surface area contributed by atoms with E-state index in [4.69, 9.17) is 0 Å². The quantitative estimate of drug-likeness (QED) is 0.858. The number of hydrogen-bond donors (Lipinski definition) is 1. The highest BCUT2D eigenvalue weighted by molar-refractivity contribution is 5.57. The number of benzene rings is 1. The Labute approximate surface area is 105 Å². The molecule has 1 aliphatic rings. The second kappa shape index (κ2) is 5.54. The SMILES string of the molecule is CCC(CNC)N1CCCc2cc(C)ccc21. The minimum Gasteiger partial charge on any atom is -0.367 e. The van der Waals surface area contributed by atoms with Crippen LogP contribution in [0.1, 0.15) is 30.9 Å². The molecule has 0 saturated heterocycles. The van der Waals surface area contributed by atoms with Crippen LogP contribution in [0.25, 0.3) is 0 Å². The van der Waals surface area contributed by atoms with Gasteiger partial charge >= 0.3 is 0 Å². The molecule has 0 bridgehead atoms. The third kappa shape index (κ3) is 2.63. The molecule has 1 aliphatic heterocycles. The Balaban J connectivity index is 2.27. The Bertz CT molecular complexity index is 373. The van der Waals surface area contributed by atoms with Crippen molar-refractivity contribution >= 4 is 5.69 Å².